The van der Waals surface area contributed by atoms with E-state index in [9.17, 15) is 18.1 Å². The van der Waals surface area contributed by atoms with Gasteiger partial charge in [-0.15, -0.1) is 0 Å². The second-order valence-corrected chi connectivity index (χ2v) is 9.91. The highest BCUT2D eigenvalue weighted by Gasteiger charge is 2.57. The molecule has 1 aromatic heterocycles. The van der Waals surface area contributed by atoms with Gasteiger partial charge in [0.2, 0.25) is 6.23 Å². The molecule has 1 aromatic carbocycles. The summed E-state index contributed by atoms with van der Waals surface area (Å²) >= 11 is 6.02. The normalized spacial score (nSPS) is 32.0. The van der Waals surface area contributed by atoms with E-state index in [1.165, 1.54) is 13.0 Å². The maximum absolute atomic E-state index is 14.7. The summed E-state index contributed by atoms with van der Waals surface area (Å²) in [6.07, 6.45) is -1.01. The molecular formula is C20H23ClF2N3O5P. The Bertz CT molecular complexity index is 1100. The fourth-order valence-corrected chi connectivity index (χ4v) is 5.55. The third-order valence-electron chi connectivity index (χ3n) is 5.66. The lowest BCUT2D eigenvalue weighted by Gasteiger charge is -2.30. The first kappa shape index (κ1) is 23.3. The smallest absolute Gasteiger partial charge is 0.348 e. The Labute approximate surface area is 188 Å². The predicted octanol–water partition coefficient (Wildman–Crippen LogP) is 5.17. The van der Waals surface area contributed by atoms with E-state index >= 15 is 0 Å². The molecule has 8 nitrogen and oxygen atoms in total. The molecule has 0 radical (unpaired) electrons. The molecule has 2 aliphatic heterocycles. The van der Waals surface area contributed by atoms with E-state index < -0.39 is 43.7 Å². The van der Waals surface area contributed by atoms with E-state index in [-0.39, 0.29) is 12.4 Å². The van der Waals surface area contributed by atoms with Crippen LogP contribution >= 0.6 is 19.3 Å². The topological polar surface area (TPSA) is 91.7 Å². The zero-order valence-electron chi connectivity index (χ0n) is 17.4. The van der Waals surface area contributed by atoms with Crippen LogP contribution in [-0.4, -0.2) is 28.2 Å². The molecule has 2 saturated heterocycles. The number of aromatic nitrogens is 2. The Kier molecular flexibility index (Phi) is 6.44. The number of nitrogens with zero attached hydrogens (tertiary/aromatic N) is 2. The second kappa shape index (κ2) is 8.83. The van der Waals surface area contributed by atoms with Crippen LogP contribution in [0, 0.1) is 5.92 Å². The number of benzene rings is 1. The zero-order chi connectivity index (χ0) is 23.1. The number of halogens is 3. The van der Waals surface area contributed by atoms with Gasteiger partial charge in [-0.05, 0) is 30.2 Å². The lowest BCUT2D eigenvalue weighted by molar-refractivity contribution is -0.125. The molecule has 5 atom stereocenters. The molecule has 0 spiro atoms. The molecule has 32 heavy (non-hydrogen) atoms. The van der Waals surface area contributed by atoms with Gasteiger partial charge in [0.25, 0.3) is 5.92 Å². The lowest BCUT2D eigenvalue weighted by Crippen LogP contribution is -2.37. The van der Waals surface area contributed by atoms with Gasteiger partial charge in [-0.3, -0.25) is 18.7 Å². The standard InChI is InChI=1S/C20H23ClF2N3O5P/c1-3-15-12(2)20(22,23)18(30-15)26-9-7-17(24-19(26)27)25-32(28)29-10-8-16(31-32)13-5-4-6-14(21)11-13/h4-7,9,11-12,15-16,18H,3,8,10H2,1-2H3,(H,24,25,27,28)/t12-,15+,16-,18+,32?/m0/s1. The van der Waals surface area contributed by atoms with E-state index in [2.05, 4.69) is 10.1 Å². The van der Waals surface area contributed by atoms with Gasteiger partial charge in [0.1, 0.15) is 5.82 Å². The van der Waals surface area contributed by atoms with Gasteiger partial charge in [0.15, 0.2) is 0 Å². The van der Waals surface area contributed by atoms with Gasteiger partial charge in [0, 0.05) is 17.6 Å². The van der Waals surface area contributed by atoms with Gasteiger partial charge in [-0.2, -0.15) is 4.98 Å². The molecule has 0 saturated carbocycles. The van der Waals surface area contributed by atoms with Crippen molar-refractivity contribution < 1.29 is 27.1 Å². The molecule has 4 rings (SSSR count). The van der Waals surface area contributed by atoms with Crippen LogP contribution in [0.4, 0.5) is 14.6 Å². The van der Waals surface area contributed by atoms with Gasteiger partial charge >= 0.3 is 13.4 Å². The molecule has 0 bridgehead atoms. The fourth-order valence-electron chi connectivity index (χ4n) is 3.86. The largest absolute Gasteiger partial charge is 0.434 e. The van der Waals surface area contributed by atoms with Crippen LogP contribution in [0.2, 0.25) is 5.02 Å². The zero-order valence-corrected chi connectivity index (χ0v) is 19.1. The number of hydrogen-bond donors (Lipinski definition) is 1. The average Bonchev–Trinajstić information content (AvgIpc) is 2.97. The molecule has 2 fully saturated rings. The van der Waals surface area contributed by atoms with E-state index in [0.29, 0.717) is 17.9 Å². The summed E-state index contributed by atoms with van der Waals surface area (Å²) in [6.45, 7) is 3.27. The SMILES string of the molecule is CC[C@H]1O[C@@H](n2ccc(NP3(=O)OCC[C@@H](c4cccc(Cl)c4)O3)nc2=O)C(F)(F)[C@H]1C. The maximum atomic E-state index is 14.7. The Morgan fingerprint density at radius 2 is 2.16 bits per heavy atom. The highest BCUT2D eigenvalue weighted by atomic mass is 35.5. The quantitative estimate of drug-likeness (QED) is 0.579. The molecule has 3 heterocycles. The monoisotopic (exact) mass is 489 g/mol. The van der Waals surface area contributed by atoms with Crippen LogP contribution in [0.1, 0.15) is 44.6 Å². The molecule has 0 amide bonds. The van der Waals surface area contributed by atoms with Crippen LogP contribution in [0.3, 0.4) is 0 Å². The van der Waals surface area contributed by atoms with E-state index in [4.69, 9.17) is 25.4 Å². The van der Waals surface area contributed by atoms with E-state index in [1.807, 2.05) is 0 Å². The maximum Gasteiger partial charge on any atom is 0.434 e. The minimum absolute atomic E-state index is 0.122. The molecule has 2 aromatic rings. The van der Waals surface area contributed by atoms with Crippen molar-refractivity contribution in [3.63, 3.8) is 0 Å². The Morgan fingerprint density at radius 1 is 1.38 bits per heavy atom. The summed E-state index contributed by atoms with van der Waals surface area (Å²) < 4.78 is 59.5. The molecule has 2 aliphatic rings. The van der Waals surface area contributed by atoms with Crippen molar-refractivity contribution in [3.05, 3.63) is 57.6 Å². The van der Waals surface area contributed by atoms with Gasteiger partial charge in [-0.1, -0.05) is 37.6 Å². The van der Waals surface area contributed by atoms with Crippen molar-refractivity contribution in [1.29, 1.82) is 0 Å². The van der Waals surface area contributed by atoms with Crippen molar-refractivity contribution in [1.82, 2.24) is 9.55 Å². The lowest BCUT2D eigenvalue weighted by atomic mass is 9.98. The van der Waals surface area contributed by atoms with Crippen molar-refractivity contribution >= 4 is 25.2 Å². The summed E-state index contributed by atoms with van der Waals surface area (Å²) in [5, 5.41) is 3.02. The number of anilines is 1. The molecule has 0 aliphatic carbocycles. The number of rotatable bonds is 5. The first-order valence-electron chi connectivity index (χ1n) is 10.2. The molecule has 12 heteroatoms. The number of alkyl halides is 2. The van der Waals surface area contributed by atoms with Gasteiger partial charge in [-0.25, -0.2) is 18.1 Å². The number of hydrogen-bond acceptors (Lipinski definition) is 6. The highest BCUT2D eigenvalue weighted by Crippen LogP contribution is 2.55. The summed E-state index contributed by atoms with van der Waals surface area (Å²) in [7, 11) is -3.87. The first-order chi connectivity index (χ1) is 15.1. The molecule has 1 N–H and O–H groups in total. The average molecular weight is 490 g/mol. The van der Waals surface area contributed by atoms with Crippen LogP contribution in [0.5, 0.6) is 0 Å². The van der Waals surface area contributed by atoms with Crippen molar-refractivity contribution in [2.24, 2.45) is 5.92 Å². The number of nitrogens with one attached hydrogen (secondary N) is 1. The molecule has 174 valence electrons. The molecular weight excluding hydrogens is 467 g/mol. The fraction of sp³-hybridized carbons (Fsp3) is 0.500. The van der Waals surface area contributed by atoms with Crippen molar-refractivity contribution in [2.75, 3.05) is 11.7 Å². The summed E-state index contributed by atoms with van der Waals surface area (Å²) in [5.74, 6) is -4.42. The van der Waals surface area contributed by atoms with Crippen LogP contribution < -0.4 is 10.8 Å². The Hall–Kier alpha value is -1.84. The predicted molar refractivity (Wildman–Crippen MR) is 114 cm³/mol. The van der Waals surface area contributed by atoms with Crippen LogP contribution in [-0.2, 0) is 18.3 Å². The van der Waals surface area contributed by atoms with Crippen LogP contribution in [0.25, 0.3) is 0 Å². The minimum Gasteiger partial charge on any atom is -0.348 e. The van der Waals surface area contributed by atoms with Crippen molar-refractivity contribution in [3.8, 4) is 0 Å². The Balaban J connectivity index is 1.52. The van der Waals surface area contributed by atoms with E-state index in [0.717, 1.165) is 16.3 Å². The van der Waals surface area contributed by atoms with Gasteiger partial charge in [0.05, 0.1) is 24.7 Å². The Morgan fingerprint density at radius 3 is 2.81 bits per heavy atom. The second-order valence-electron chi connectivity index (χ2n) is 7.78. The minimum atomic E-state index is -3.87. The highest BCUT2D eigenvalue weighted by molar-refractivity contribution is 7.55. The van der Waals surface area contributed by atoms with Crippen LogP contribution in [0.15, 0.2) is 41.3 Å². The first-order valence-corrected chi connectivity index (χ1v) is 12.1. The van der Waals surface area contributed by atoms with Crippen molar-refractivity contribution in [2.45, 2.75) is 51.0 Å². The van der Waals surface area contributed by atoms with Gasteiger partial charge < -0.3 is 4.74 Å². The van der Waals surface area contributed by atoms with E-state index in [1.54, 1.807) is 31.2 Å². The third kappa shape index (κ3) is 4.47. The summed E-state index contributed by atoms with van der Waals surface area (Å²) in [6, 6.07) is 8.20. The number of ether oxygens (including phenoxy) is 1. The summed E-state index contributed by atoms with van der Waals surface area (Å²) in [4.78, 5) is 16.2. The summed E-state index contributed by atoms with van der Waals surface area (Å²) in [5.41, 5.74) is -0.245. The molecule has 1 unspecified atom stereocenters. The third-order valence-corrected chi connectivity index (χ3v) is 7.45.